The van der Waals surface area contributed by atoms with Crippen LogP contribution in [0.2, 0.25) is 0 Å². The smallest absolute Gasteiger partial charge is 0.308 e. The molecule has 0 unspecified atom stereocenters. The molecule has 0 radical (unpaired) electrons. The van der Waals surface area contributed by atoms with Gasteiger partial charge in [-0.1, -0.05) is 0 Å². The number of carbonyl (C=O) groups is 1. The third-order valence-electron chi connectivity index (χ3n) is 2.58. The van der Waals surface area contributed by atoms with Crippen LogP contribution in [-0.4, -0.2) is 24.7 Å². The van der Waals surface area contributed by atoms with E-state index in [1.54, 1.807) is 0 Å². The predicted octanol–water partition coefficient (Wildman–Crippen LogP) is 0.00420. The predicted molar refractivity (Wildman–Crippen MR) is 49.9 cm³/mol. The average molecular weight is 186 g/mol. The second kappa shape index (κ2) is 4.58. The summed E-state index contributed by atoms with van der Waals surface area (Å²) < 4.78 is 4.93. The van der Waals surface area contributed by atoms with Gasteiger partial charge in [0, 0.05) is 12.1 Å². The molecule has 4 nitrogen and oxygen atoms in total. The van der Waals surface area contributed by atoms with Crippen molar-refractivity contribution in [2.75, 3.05) is 6.61 Å². The van der Waals surface area contributed by atoms with Gasteiger partial charge in [0.05, 0.1) is 12.5 Å². The molecule has 0 aromatic rings. The number of hydrogen-bond donors (Lipinski definition) is 2. The van der Waals surface area contributed by atoms with E-state index in [2.05, 4.69) is 0 Å². The maximum atomic E-state index is 11.3. The quantitative estimate of drug-likeness (QED) is 0.595. The molecule has 0 heterocycles. The Bertz CT molecular complexity index is 184. The number of hydrogen-bond acceptors (Lipinski definition) is 4. The van der Waals surface area contributed by atoms with Crippen LogP contribution in [0.3, 0.4) is 0 Å². The van der Waals surface area contributed by atoms with E-state index < -0.39 is 0 Å². The van der Waals surface area contributed by atoms with Gasteiger partial charge in [-0.2, -0.15) is 0 Å². The van der Waals surface area contributed by atoms with Gasteiger partial charge >= 0.3 is 5.97 Å². The van der Waals surface area contributed by atoms with Crippen LogP contribution in [-0.2, 0) is 9.53 Å². The summed E-state index contributed by atoms with van der Waals surface area (Å²) in [5.74, 6) is -0.153. The zero-order valence-corrected chi connectivity index (χ0v) is 8.03. The Balaban J connectivity index is 2.40. The normalized spacial score (nSPS) is 34.2. The summed E-state index contributed by atoms with van der Waals surface area (Å²) in [5, 5.41) is 0. The maximum Gasteiger partial charge on any atom is 0.308 e. The molecule has 0 aromatic heterocycles. The molecule has 0 saturated heterocycles. The lowest BCUT2D eigenvalue weighted by Gasteiger charge is -2.30. The Morgan fingerprint density at radius 2 is 2.08 bits per heavy atom. The Morgan fingerprint density at radius 3 is 2.62 bits per heavy atom. The van der Waals surface area contributed by atoms with Gasteiger partial charge in [0.15, 0.2) is 0 Å². The van der Waals surface area contributed by atoms with Gasteiger partial charge in [0.25, 0.3) is 0 Å². The first-order valence-electron chi connectivity index (χ1n) is 4.83. The molecule has 1 rings (SSSR count). The van der Waals surface area contributed by atoms with E-state index >= 15 is 0 Å². The molecule has 13 heavy (non-hydrogen) atoms. The van der Waals surface area contributed by atoms with E-state index in [4.69, 9.17) is 16.2 Å². The first kappa shape index (κ1) is 10.5. The second-order valence-electron chi connectivity index (χ2n) is 3.59. The molecule has 1 aliphatic rings. The van der Waals surface area contributed by atoms with E-state index in [0.717, 1.165) is 12.8 Å². The summed E-state index contributed by atoms with van der Waals surface area (Å²) in [6.45, 7) is 2.25. The summed E-state index contributed by atoms with van der Waals surface area (Å²) in [5.41, 5.74) is 11.5. The van der Waals surface area contributed by atoms with E-state index in [9.17, 15) is 4.79 Å². The van der Waals surface area contributed by atoms with Crippen molar-refractivity contribution < 1.29 is 9.53 Å². The highest BCUT2D eigenvalue weighted by atomic mass is 16.5. The number of esters is 1. The first-order valence-corrected chi connectivity index (χ1v) is 4.83. The van der Waals surface area contributed by atoms with Crippen LogP contribution in [0.5, 0.6) is 0 Å². The third kappa shape index (κ3) is 2.67. The molecular formula is C9H18N2O2. The van der Waals surface area contributed by atoms with Crippen LogP contribution in [0.15, 0.2) is 0 Å². The molecule has 76 valence electrons. The van der Waals surface area contributed by atoms with E-state index in [0.29, 0.717) is 13.0 Å². The minimum atomic E-state index is -0.121. The van der Waals surface area contributed by atoms with E-state index in [1.165, 1.54) is 0 Å². The van der Waals surface area contributed by atoms with Crippen LogP contribution >= 0.6 is 0 Å². The minimum absolute atomic E-state index is 0.0326. The zero-order chi connectivity index (χ0) is 9.84. The molecule has 1 saturated carbocycles. The molecular weight excluding hydrogens is 168 g/mol. The van der Waals surface area contributed by atoms with Crippen LogP contribution in [0.1, 0.15) is 26.2 Å². The highest BCUT2D eigenvalue weighted by molar-refractivity contribution is 5.72. The number of carbonyl (C=O) groups excluding carboxylic acids is 1. The largest absolute Gasteiger partial charge is 0.466 e. The molecule has 4 N–H and O–H groups in total. The van der Waals surface area contributed by atoms with Crippen molar-refractivity contribution >= 4 is 5.97 Å². The van der Waals surface area contributed by atoms with Gasteiger partial charge in [-0.3, -0.25) is 4.79 Å². The van der Waals surface area contributed by atoms with Crippen molar-refractivity contribution in [3.8, 4) is 0 Å². The van der Waals surface area contributed by atoms with E-state index in [-0.39, 0.29) is 24.0 Å². The second-order valence-corrected chi connectivity index (χ2v) is 3.59. The van der Waals surface area contributed by atoms with Gasteiger partial charge in [-0.05, 0) is 26.2 Å². The Morgan fingerprint density at radius 1 is 1.38 bits per heavy atom. The lowest BCUT2D eigenvalue weighted by Crippen LogP contribution is -2.47. The fraction of sp³-hybridized carbons (Fsp3) is 0.889. The topological polar surface area (TPSA) is 78.3 Å². The Kier molecular flexibility index (Phi) is 3.69. The summed E-state index contributed by atoms with van der Waals surface area (Å²) in [4.78, 5) is 11.3. The Labute approximate surface area is 78.6 Å². The molecule has 4 heteroatoms. The Hall–Kier alpha value is -0.610. The molecule has 0 aliphatic heterocycles. The van der Waals surface area contributed by atoms with Crippen molar-refractivity contribution in [2.45, 2.75) is 38.3 Å². The number of rotatable bonds is 2. The highest BCUT2D eigenvalue weighted by Crippen LogP contribution is 2.23. The lowest BCUT2D eigenvalue weighted by atomic mass is 9.83. The van der Waals surface area contributed by atoms with Crippen LogP contribution in [0.25, 0.3) is 0 Å². The standard InChI is InChI=1S/C9H18N2O2/c1-2-13-9(12)6-3-4-7(10)8(11)5-6/h6-8H,2-5,10-11H2,1H3/t6-,7-,8+/m0/s1. The fourth-order valence-electron chi connectivity index (χ4n) is 1.70. The number of ether oxygens (including phenoxy) is 1. The lowest BCUT2D eigenvalue weighted by molar-refractivity contribution is -0.149. The van der Waals surface area contributed by atoms with Gasteiger partial charge in [0.1, 0.15) is 0 Å². The van der Waals surface area contributed by atoms with Crippen LogP contribution < -0.4 is 11.5 Å². The van der Waals surface area contributed by atoms with Crippen molar-refractivity contribution in [3.05, 3.63) is 0 Å². The third-order valence-corrected chi connectivity index (χ3v) is 2.58. The van der Waals surface area contributed by atoms with Gasteiger partial charge < -0.3 is 16.2 Å². The van der Waals surface area contributed by atoms with Crippen LogP contribution in [0.4, 0.5) is 0 Å². The SMILES string of the molecule is CCOC(=O)[C@H]1CC[C@H](N)[C@H](N)C1. The van der Waals surface area contributed by atoms with Crippen molar-refractivity contribution in [1.82, 2.24) is 0 Å². The summed E-state index contributed by atoms with van der Waals surface area (Å²) >= 11 is 0. The summed E-state index contributed by atoms with van der Waals surface area (Å²) in [6.07, 6.45) is 2.30. The molecule has 0 aromatic carbocycles. The average Bonchev–Trinajstić information content (AvgIpc) is 2.10. The zero-order valence-electron chi connectivity index (χ0n) is 8.03. The molecule has 1 fully saturated rings. The minimum Gasteiger partial charge on any atom is -0.466 e. The maximum absolute atomic E-state index is 11.3. The molecule has 0 spiro atoms. The van der Waals surface area contributed by atoms with Gasteiger partial charge in [-0.25, -0.2) is 0 Å². The van der Waals surface area contributed by atoms with Crippen molar-refractivity contribution in [3.63, 3.8) is 0 Å². The van der Waals surface area contributed by atoms with Gasteiger partial charge in [0.2, 0.25) is 0 Å². The summed E-state index contributed by atoms with van der Waals surface area (Å²) in [6, 6.07) is -0.00571. The molecule has 0 amide bonds. The van der Waals surface area contributed by atoms with Crippen molar-refractivity contribution in [2.24, 2.45) is 17.4 Å². The van der Waals surface area contributed by atoms with Gasteiger partial charge in [-0.15, -0.1) is 0 Å². The molecule has 1 aliphatic carbocycles. The van der Waals surface area contributed by atoms with Crippen LogP contribution in [0, 0.1) is 5.92 Å². The van der Waals surface area contributed by atoms with E-state index in [1.807, 2.05) is 6.92 Å². The highest BCUT2D eigenvalue weighted by Gasteiger charge is 2.30. The molecule has 3 atom stereocenters. The first-order chi connectivity index (χ1) is 6.15. The summed E-state index contributed by atoms with van der Waals surface area (Å²) in [7, 11) is 0. The fourth-order valence-corrected chi connectivity index (χ4v) is 1.70. The van der Waals surface area contributed by atoms with Crippen molar-refractivity contribution in [1.29, 1.82) is 0 Å². The monoisotopic (exact) mass is 186 g/mol. The molecule has 0 bridgehead atoms. The number of nitrogens with two attached hydrogens (primary N) is 2.